The Labute approximate surface area is 501 Å². The fourth-order valence-corrected chi connectivity index (χ4v) is 13.1. The van der Waals surface area contributed by atoms with Gasteiger partial charge < -0.3 is 42.4 Å². The molecule has 1 heterocycles. The van der Waals surface area contributed by atoms with Crippen LogP contribution in [-0.4, -0.2) is 84.8 Å². The zero-order valence-corrected chi connectivity index (χ0v) is 54.2. The van der Waals surface area contributed by atoms with Crippen molar-refractivity contribution in [3.05, 3.63) is 221 Å². The highest BCUT2D eigenvalue weighted by Gasteiger charge is 2.50. The van der Waals surface area contributed by atoms with Crippen molar-refractivity contribution in [2.45, 2.75) is 185 Å². The van der Waals surface area contributed by atoms with Crippen LogP contribution >= 0.6 is 0 Å². The van der Waals surface area contributed by atoms with E-state index in [1.165, 1.54) is 0 Å². The fourth-order valence-electron chi connectivity index (χ4n) is 10.7. The van der Waals surface area contributed by atoms with E-state index in [0.717, 1.165) is 58.4 Å². The average Bonchev–Trinajstić information content (AvgIpc) is 3.50. The van der Waals surface area contributed by atoms with Gasteiger partial charge in [-0.1, -0.05) is 226 Å². The smallest absolute Gasteiger partial charge is 0.192 e. The van der Waals surface area contributed by atoms with E-state index in [1.54, 1.807) is 7.11 Å². The number of benzene rings is 6. The van der Waals surface area contributed by atoms with Crippen LogP contribution < -0.4 is 4.74 Å². The summed E-state index contributed by atoms with van der Waals surface area (Å²) in [6.45, 7) is 33.8. The minimum atomic E-state index is -2.44. The summed E-state index contributed by atoms with van der Waals surface area (Å²) in [5.74, 6) is 0.378. The van der Waals surface area contributed by atoms with E-state index in [4.69, 9.17) is 43.9 Å². The molecule has 83 heavy (non-hydrogen) atoms. The number of aliphatic hydroxyl groups is 1. The van der Waals surface area contributed by atoms with E-state index in [-0.39, 0.29) is 34.1 Å². The van der Waals surface area contributed by atoms with Gasteiger partial charge in [0, 0.05) is 18.4 Å². The van der Waals surface area contributed by atoms with Gasteiger partial charge in [-0.05, 0) is 113 Å². The molecule has 1 fully saturated rings. The third-order valence-electron chi connectivity index (χ3n) is 18.0. The van der Waals surface area contributed by atoms with Crippen LogP contribution in [0.3, 0.4) is 0 Å². The second-order valence-electron chi connectivity index (χ2n) is 26.0. The molecule has 0 aromatic heterocycles. The molecule has 7 rings (SSSR count). The molecule has 0 radical (unpaired) electrons. The number of unbranched alkanes of at least 4 members (excludes halogenated alkanes) is 1. The van der Waals surface area contributed by atoms with Crippen molar-refractivity contribution in [1.29, 1.82) is 0 Å². The lowest BCUT2D eigenvalue weighted by molar-refractivity contribution is -0.250. The van der Waals surface area contributed by atoms with Gasteiger partial charge in [0.25, 0.3) is 0 Å². The summed E-state index contributed by atoms with van der Waals surface area (Å²) in [6.07, 6.45) is -1.03. The van der Waals surface area contributed by atoms with Crippen LogP contribution in [0.5, 0.6) is 5.75 Å². The molecule has 0 amide bonds. The normalized spacial score (nSPS) is 19.6. The number of hydrogen-bond acceptors (Lipinski definition) is 9. The molecule has 11 heteroatoms. The van der Waals surface area contributed by atoms with Gasteiger partial charge in [0.1, 0.15) is 29.7 Å². The van der Waals surface area contributed by atoms with Crippen LogP contribution in [0.25, 0.3) is 0 Å². The summed E-state index contributed by atoms with van der Waals surface area (Å²) in [6, 6.07) is 60.2. The molecule has 1 aliphatic heterocycles. The molecular formula is C72H98O9Si2. The van der Waals surface area contributed by atoms with Crippen LogP contribution in [0.15, 0.2) is 188 Å². The third-order valence-corrected chi connectivity index (χ3v) is 27.0. The predicted molar refractivity (Wildman–Crippen MR) is 343 cm³/mol. The van der Waals surface area contributed by atoms with Gasteiger partial charge in [0.05, 0.1) is 58.0 Å². The summed E-state index contributed by atoms with van der Waals surface area (Å²) in [5, 5.41) is 12.8. The van der Waals surface area contributed by atoms with Crippen molar-refractivity contribution in [2.24, 2.45) is 11.8 Å². The van der Waals surface area contributed by atoms with Gasteiger partial charge >= 0.3 is 0 Å². The summed E-state index contributed by atoms with van der Waals surface area (Å²) in [4.78, 5) is 0. The van der Waals surface area contributed by atoms with Crippen molar-refractivity contribution >= 4 is 16.6 Å². The van der Waals surface area contributed by atoms with Crippen LogP contribution in [0.4, 0.5) is 0 Å². The Bertz CT molecular complexity index is 2720. The van der Waals surface area contributed by atoms with Crippen molar-refractivity contribution in [3.8, 4) is 5.75 Å². The van der Waals surface area contributed by atoms with Crippen LogP contribution in [0.2, 0.25) is 36.3 Å². The summed E-state index contributed by atoms with van der Waals surface area (Å²) in [7, 11) is -3.02. The first-order valence-electron chi connectivity index (χ1n) is 30.2. The molecule has 0 unspecified atom stereocenters. The average molecular weight is 1160 g/mol. The Morgan fingerprint density at radius 2 is 1.05 bits per heavy atom. The van der Waals surface area contributed by atoms with Gasteiger partial charge in [0.2, 0.25) is 0 Å². The van der Waals surface area contributed by atoms with Gasteiger partial charge in [-0.2, -0.15) is 0 Å². The Hall–Kier alpha value is -5.03. The molecular weight excluding hydrogens is 1060 g/mol. The first-order chi connectivity index (χ1) is 39.5. The molecule has 0 aliphatic carbocycles. The SMILES string of the molecule is C=C(C[C@H](O[Si](C)(C)C(C)(C)C)[C@@H](C)[C@@H](CCCCOC(c1ccccc1)(c1ccccc1)c1ccccc1)OCc1ccc(OC)cc1)[C@@H](O)[C@@H]1O[C@H](CO[Si](C)(C)C(C)(C)C)[C@@H](OCc2ccccc2)[C@H](OCc2ccccc2)[C@H]1C. The minimum Gasteiger partial charge on any atom is -0.497 e. The lowest BCUT2D eigenvalue weighted by atomic mass is 9.80. The van der Waals surface area contributed by atoms with E-state index >= 15 is 0 Å². The Morgan fingerprint density at radius 1 is 0.590 bits per heavy atom. The molecule has 1 aliphatic rings. The number of hydrogen-bond donors (Lipinski definition) is 1. The molecule has 1 N–H and O–H groups in total. The second kappa shape index (κ2) is 29.9. The van der Waals surface area contributed by atoms with Crippen molar-refractivity contribution in [3.63, 3.8) is 0 Å². The van der Waals surface area contributed by atoms with E-state index in [0.29, 0.717) is 45.0 Å². The topological polar surface area (TPSA) is 94.1 Å². The fraction of sp³-hybridized carbons (Fsp3) is 0.472. The first kappa shape index (κ1) is 65.5. The quantitative estimate of drug-likeness (QED) is 0.0205. The lowest BCUT2D eigenvalue weighted by Gasteiger charge is -2.48. The van der Waals surface area contributed by atoms with E-state index in [2.05, 4.69) is 209 Å². The second-order valence-corrected chi connectivity index (χ2v) is 35.6. The summed E-state index contributed by atoms with van der Waals surface area (Å²) >= 11 is 0. The number of rotatable bonds is 30. The maximum atomic E-state index is 13.0. The predicted octanol–water partition coefficient (Wildman–Crippen LogP) is 16.7. The highest BCUT2D eigenvalue weighted by Crippen LogP contribution is 2.44. The standard InChI is InChI=1S/C72H98O9Si2/c1-53(66(73)67-55(3)68(76-50-56-32-20-15-21-33-56)69(77-51-57-34-22-16-23-35-57)65(80-67)52-79-82(11,12)70(4,5)6)48-64(81-83(13,14)71(7,8)9)54(2)63(75-49-58-43-45-62(74-10)46-44-58)42-30-31-47-78-72(59-36-24-17-25-37-59,60-38-26-18-27-39-60)61-40-28-19-29-41-61/h15-29,32-41,43-46,54-55,63-69,73H,1,30-31,42,47-52H2,2-14H3/t54-,55-,63+,64-,65+,66+,67+,68+,69+/m0/s1. The maximum Gasteiger partial charge on any atom is 0.192 e. The zero-order valence-electron chi connectivity index (χ0n) is 52.2. The third kappa shape index (κ3) is 17.3. The van der Waals surface area contributed by atoms with Crippen LogP contribution in [0, 0.1) is 11.8 Å². The summed E-state index contributed by atoms with van der Waals surface area (Å²) < 4.78 is 55.6. The molecule has 6 aromatic rings. The molecule has 6 aromatic carbocycles. The van der Waals surface area contributed by atoms with Gasteiger partial charge in [-0.3, -0.25) is 0 Å². The minimum absolute atomic E-state index is 0.0371. The van der Waals surface area contributed by atoms with E-state index in [9.17, 15) is 5.11 Å². The molecule has 9 atom stereocenters. The maximum absolute atomic E-state index is 13.0. The largest absolute Gasteiger partial charge is 0.497 e. The van der Waals surface area contributed by atoms with Crippen molar-refractivity contribution in [2.75, 3.05) is 20.3 Å². The van der Waals surface area contributed by atoms with Gasteiger partial charge in [-0.25, -0.2) is 0 Å². The van der Waals surface area contributed by atoms with Crippen LogP contribution in [-0.2, 0) is 58.0 Å². The monoisotopic (exact) mass is 1160 g/mol. The molecule has 448 valence electrons. The molecule has 0 bridgehead atoms. The van der Waals surface area contributed by atoms with Gasteiger partial charge in [0.15, 0.2) is 16.6 Å². The zero-order chi connectivity index (χ0) is 59.8. The first-order valence-corrected chi connectivity index (χ1v) is 36.1. The number of aliphatic hydroxyl groups excluding tert-OH is 1. The van der Waals surface area contributed by atoms with Crippen LogP contribution in [0.1, 0.15) is 114 Å². The Balaban J connectivity index is 1.17. The lowest BCUT2D eigenvalue weighted by Crippen LogP contribution is -2.60. The van der Waals surface area contributed by atoms with Crippen molar-refractivity contribution < 1.29 is 42.4 Å². The number of methoxy groups -OCH3 is 1. The Kier molecular flexibility index (Phi) is 23.6. The number of ether oxygens (including phenoxy) is 6. The molecule has 0 saturated carbocycles. The van der Waals surface area contributed by atoms with E-state index < -0.39 is 52.8 Å². The van der Waals surface area contributed by atoms with Crippen molar-refractivity contribution in [1.82, 2.24) is 0 Å². The summed E-state index contributed by atoms with van der Waals surface area (Å²) in [5.41, 5.74) is 6.23. The highest BCUT2D eigenvalue weighted by molar-refractivity contribution is 6.74. The Morgan fingerprint density at radius 3 is 1.52 bits per heavy atom. The highest BCUT2D eigenvalue weighted by atomic mass is 28.4. The molecule has 1 saturated heterocycles. The van der Waals surface area contributed by atoms with E-state index in [1.807, 2.05) is 48.5 Å². The molecule has 0 spiro atoms. The molecule has 9 nitrogen and oxygen atoms in total. The van der Waals surface area contributed by atoms with Gasteiger partial charge in [-0.15, -0.1) is 0 Å².